The fourth-order valence-electron chi connectivity index (χ4n) is 23.2. The van der Waals surface area contributed by atoms with Crippen LogP contribution < -0.4 is 0 Å². The molecule has 0 N–H and O–H groups in total. The van der Waals surface area contributed by atoms with E-state index in [4.69, 9.17) is 24.7 Å². The zero-order chi connectivity index (χ0) is 99.1. The Morgan fingerprint density at radius 3 is 0.946 bits per heavy atom. The van der Waals surface area contributed by atoms with Gasteiger partial charge in [0.15, 0.2) is 17.1 Å². The molecule has 29 rings (SSSR count). The van der Waals surface area contributed by atoms with Gasteiger partial charge in [0.05, 0.1) is 58.5 Å². The first-order valence-corrected chi connectivity index (χ1v) is 50.0. The number of aromatic nitrogens is 6. The number of pyridine rings is 3. The van der Waals surface area contributed by atoms with Gasteiger partial charge in [0.1, 0.15) is 0 Å². The molecule has 9 heteroatoms. The highest BCUT2D eigenvalue weighted by atomic mass is 15.0. The number of hydrogen-bond acceptors (Lipinski definition) is 3. The summed E-state index contributed by atoms with van der Waals surface area (Å²) >= 11 is 0. The Labute approximate surface area is 859 Å². The smallest absolute Gasteiger partial charge is 0.188 e. The summed E-state index contributed by atoms with van der Waals surface area (Å²) in [7, 11) is 0. The van der Waals surface area contributed by atoms with Crippen LogP contribution in [0.2, 0.25) is 0 Å². The first kappa shape index (κ1) is 87.5. The maximum atomic E-state index is 7.78. The molecular weight excluding hydrogens is 1810 g/mol. The molecular formula is C140H85N9. The first-order chi connectivity index (χ1) is 73.8. The van der Waals surface area contributed by atoms with Crippen molar-refractivity contribution in [3.8, 4) is 117 Å². The molecule has 6 aromatic heterocycles. The maximum Gasteiger partial charge on any atom is 0.188 e. The number of benzene rings is 23. The van der Waals surface area contributed by atoms with Crippen molar-refractivity contribution < 1.29 is 0 Å². The van der Waals surface area contributed by atoms with E-state index >= 15 is 0 Å². The molecule has 0 atom stereocenters. The lowest BCUT2D eigenvalue weighted by molar-refractivity contribution is 1.18. The third-order valence-electron chi connectivity index (χ3n) is 29.7. The topological polar surface area (TPSA) is 66.5 Å². The third kappa shape index (κ3) is 15.1. The number of fused-ring (bicyclic) bond motifs is 17. The average molecular weight is 1890 g/mol. The van der Waals surface area contributed by atoms with Crippen LogP contribution in [0, 0.1) is 19.7 Å². The van der Waals surface area contributed by atoms with E-state index in [9.17, 15) is 0 Å². The van der Waals surface area contributed by atoms with Gasteiger partial charge in [-0.25, -0.2) is 14.5 Å². The number of rotatable bonds is 12. The van der Waals surface area contributed by atoms with E-state index in [0.717, 1.165) is 132 Å². The normalized spacial score (nSPS) is 11.5. The van der Waals surface area contributed by atoms with Crippen LogP contribution in [0.25, 0.3) is 283 Å². The molecule has 0 spiro atoms. The Hall–Kier alpha value is -20.5. The summed E-state index contributed by atoms with van der Waals surface area (Å²) in [4.78, 5) is 25.2. The second-order valence-electron chi connectivity index (χ2n) is 38.0. The Bertz CT molecular complexity index is 10600. The van der Waals surface area contributed by atoms with Crippen molar-refractivity contribution in [1.29, 1.82) is 0 Å². The highest BCUT2D eigenvalue weighted by Gasteiger charge is 2.27. The van der Waals surface area contributed by atoms with E-state index in [1.807, 2.05) is 97.7 Å². The van der Waals surface area contributed by atoms with Gasteiger partial charge in [-0.3, -0.25) is 15.0 Å². The van der Waals surface area contributed by atoms with Crippen LogP contribution in [-0.4, -0.2) is 28.7 Å². The number of hydrogen-bond donors (Lipinski definition) is 0. The molecule has 0 fully saturated rings. The summed E-state index contributed by atoms with van der Waals surface area (Å²) in [6, 6.07) is 172. The fraction of sp³-hybridized carbons (Fsp3) is 0. The Morgan fingerprint density at radius 1 is 0.168 bits per heavy atom. The minimum absolute atomic E-state index is 0.636. The molecule has 0 unspecified atom stereocenters. The number of para-hydroxylation sites is 3. The van der Waals surface area contributed by atoms with Crippen LogP contribution in [0.1, 0.15) is 0 Å². The van der Waals surface area contributed by atoms with Crippen LogP contribution >= 0.6 is 0 Å². The minimum atomic E-state index is 0.636. The summed E-state index contributed by atoms with van der Waals surface area (Å²) in [6.45, 7) is 23.3. The van der Waals surface area contributed by atoms with Gasteiger partial charge >= 0.3 is 0 Å². The zero-order valence-corrected chi connectivity index (χ0v) is 80.6. The highest BCUT2D eigenvalue weighted by Crippen LogP contribution is 2.53. The van der Waals surface area contributed by atoms with Gasteiger partial charge in [0.2, 0.25) is 0 Å². The monoisotopic (exact) mass is 1890 g/mol. The van der Waals surface area contributed by atoms with Gasteiger partial charge < -0.3 is 13.7 Å². The van der Waals surface area contributed by atoms with Crippen LogP contribution in [0.5, 0.6) is 0 Å². The standard InChI is InChI=1S/2C48H29N3.C44H27N3/c1-49-34-23-26-46-42(30-34)41-29-33(22-25-45(41)51(46)35-14-3-2-4-15-35)47-38-17-7-8-18-39(38)48(44-20-9-10-27-50-44)43-28-32(21-24-40(43)47)37-19-11-13-31-12-5-6-16-36(31)37;1-49-37-21-24-46-43(29-37)42-28-35(20-23-45(42)51(46)38-13-3-2-4-14-38)47-39-15-7-8-16-40(39)48(36-12-9-25-50-30-36)44-27-34(19-22-41(44)47)33-18-17-31-10-5-6-11-32(31)26-33;1-45-33-18-21-42-39(28-33)38-27-32(17-20-41(38)47(42)34-12-6-3-7-13-34)44-36-15-9-8-14-35(36)43(30-22-24-46-25-23-30)40-26-31(16-19-37(40)44)29-10-4-2-5-11-29/h2*2-30H;2-28H. The first-order valence-electron chi connectivity index (χ1n) is 50.0. The van der Waals surface area contributed by atoms with E-state index < -0.39 is 0 Å². The lowest BCUT2D eigenvalue weighted by atomic mass is 9.85. The lowest BCUT2D eigenvalue weighted by Crippen LogP contribution is -1.94. The van der Waals surface area contributed by atoms with Crippen molar-refractivity contribution in [2.75, 3.05) is 0 Å². The molecule has 690 valence electrons. The maximum absolute atomic E-state index is 7.78. The molecule has 0 amide bonds. The quantitative estimate of drug-likeness (QED) is 0.0904. The predicted octanol–water partition coefficient (Wildman–Crippen LogP) is 38.4. The molecule has 0 bridgehead atoms. The Kier molecular flexibility index (Phi) is 21.6. The molecule has 29 aromatic rings. The molecule has 0 aliphatic heterocycles. The largest absolute Gasteiger partial charge is 0.309 e. The summed E-state index contributed by atoms with van der Waals surface area (Å²) in [5, 5.41) is 25.7. The number of nitrogens with zero attached hydrogens (tertiary/aromatic N) is 9. The predicted molar refractivity (Wildman–Crippen MR) is 623 cm³/mol. The highest BCUT2D eigenvalue weighted by molar-refractivity contribution is 6.28. The van der Waals surface area contributed by atoms with E-state index in [1.54, 1.807) is 0 Å². The molecule has 0 saturated heterocycles. The van der Waals surface area contributed by atoms with Crippen molar-refractivity contribution >= 4 is 169 Å². The average Bonchev–Trinajstić information content (AvgIpc) is 1.71. The zero-order valence-electron chi connectivity index (χ0n) is 80.6. The molecule has 9 nitrogen and oxygen atoms in total. The van der Waals surface area contributed by atoms with Crippen LogP contribution in [0.15, 0.2) is 516 Å². The van der Waals surface area contributed by atoms with Gasteiger partial charge in [0, 0.05) is 75.3 Å². The van der Waals surface area contributed by atoms with Crippen molar-refractivity contribution in [2.24, 2.45) is 0 Å². The SMILES string of the molecule is [C-]#[N+]c1ccc2c(c1)c1cc(-c3c4ccccc4c(-c4ccccn4)c4cc(-c5cccc6ccccc56)ccc34)ccc1n2-c1ccccc1.[C-]#[N+]c1ccc2c(c1)c1cc(-c3c4ccccc4c(-c4cccnc4)c4cc(-c5ccc6ccccc6c5)ccc34)ccc1n2-c1ccccc1.[C-]#[N+]c1ccc2c(c1)c1cc(-c3c4ccccc4c(-c4ccncc4)c4cc(-c5ccccc5)ccc34)ccc1n2-c1ccccc1. The van der Waals surface area contributed by atoms with E-state index in [2.05, 4.69) is 457 Å². The van der Waals surface area contributed by atoms with Crippen LogP contribution in [-0.2, 0) is 0 Å². The van der Waals surface area contributed by atoms with Crippen molar-refractivity contribution in [2.45, 2.75) is 0 Å². The lowest BCUT2D eigenvalue weighted by Gasteiger charge is -2.19. The van der Waals surface area contributed by atoms with Gasteiger partial charge in [0.25, 0.3) is 0 Å². The van der Waals surface area contributed by atoms with Gasteiger partial charge in [-0.15, -0.1) is 0 Å². The summed E-state index contributed by atoms with van der Waals surface area (Å²) < 4.78 is 6.91. The molecule has 0 aliphatic rings. The summed E-state index contributed by atoms with van der Waals surface area (Å²) in [5.41, 5.74) is 32.6. The van der Waals surface area contributed by atoms with Crippen LogP contribution in [0.3, 0.4) is 0 Å². The minimum Gasteiger partial charge on any atom is -0.309 e. The Morgan fingerprint density at radius 2 is 0.497 bits per heavy atom. The van der Waals surface area contributed by atoms with Gasteiger partial charge in [-0.05, 0) is 350 Å². The molecule has 149 heavy (non-hydrogen) atoms. The third-order valence-corrected chi connectivity index (χ3v) is 29.7. The summed E-state index contributed by atoms with van der Waals surface area (Å²) in [6.07, 6.45) is 9.44. The van der Waals surface area contributed by atoms with Gasteiger partial charge in [-0.2, -0.15) is 0 Å². The van der Waals surface area contributed by atoms with Gasteiger partial charge in [-0.1, -0.05) is 322 Å². The van der Waals surface area contributed by atoms with Crippen molar-refractivity contribution in [3.63, 3.8) is 0 Å². The molecule has 23 aromatic carbocycles. The molecule has 0 radical (unpaired) electrons. The molecule has 0 aliphatic carbocycles. The molecule has 0 saturated carbocycles. The van der Waals surface area contributed by atoms with Crippen LogP contribution in [0.4, 0.5) is 17.1 Å². The second-order valence-corrected chi connectivity index (χ2v) is 38.0. The van der Waals surface area contributed by atoms with E-state index in [0.29, 0.717) is 17.1 Å². The fourth-order valence-corrected chi connectivity index (χ4v) is 23.2. The van der Waals surface area contributed by atoms with E-state index in [1.165, 1.54) is 137 Å². The molecule has 6 heterocycles. The Balaban J connectivity index is 0.000000110. The van der Waals surface area contributed by atoms with Crippen molar-refractivity contribution in [1.82, 2.24) is 28.7 Å². The summed E-state index contributed by atoms with van der Waals surface area (Å²) in [5.74, 6) is 0. The van der Waals surface area contributed by atoms with E-state index in [-0.39, 0.29) is 0 Å². The van der Waals surface area contributed by atoms with Crippen molar-refractivity contribution in [3.05, 3.63) is 551 Å². The second kappa shape index (κ2) is 36.8.